The molecule has 0 radical (unpaired) electrons. The van der Waals surface area contributed by atoms with Crippen molar-refractivity contribution >= 4 is 5.82 Å². The first-order valence-electron chi connectivity index (χ1n) is 7.03. The Labute approximate surface area is 116 Å². The lowest BCUT2D eigenvalue weighted by Crippen LogP contribution is -2.46. The Kier molecular flexibility index (Phi) is 4.42. The summed E-state index contributed by atoms with van der Waals surface area (Å²) in [5.74, 6) is 1.12. The van der Waals surface area contributed by atoms with Gasteiger partial charge in [0.25, 0.3) is 0 Å². The second kappa shape index (κ2) is 5.88. The van der Waals surface area contributed by atoms with E-state index in [1.165, 1.54) is 11.1 Å². The minimum absolute atomic E-state index is 0.258. The molecule has 0 aliphatic carbocycles. The SMILES string of the molecule is CNCc1c(C)cc(C)nc1N1C[C@@H](C)O[C@@H](C)C1. The number of aryl methyl sites for hydroxylation is 2. The van der Waals surface area contributed by atoms with E-state index >= 15 is 0 Å². The predicted octanol–water partition coefficient (Wildman–Crippen LogP) is 2.03. The third kappa shape index (κ3) is 3.25. The van der Waals surface area contributed by atoms with Crippen LogP contribution in [0.15, 0.2) is 6.07 Å². The van der Waals surface area contributed by atoms with Gasteiger partial charge in [0, 0.05) is 30.9 Å². The third-order valence-corrected chi connectivity index (χ3v) is 3.53. The van der Waals surface area contributed by atoms with Crippen molar-refractivity contribution in [3.05, 3.63) is 22.9 Å². The van der Waals surface area contributed by atoms with Gasteiger partial charge in [0.15, 0.2) is 0 Å². The lowest BCUT2D eigenvalue weighted by molar-refractivity contribution is -0.00552. The van der Waals surface area contributed by atoms with Crippen molar-refractivity contribution in [3.63, 3.8) is 0 Å². The fraction of sp³-hybridized carbons (Fsp3) is 0.667. The number of anilines is 1. The molecular formula is C15H25N3O. The molecule has 1 fully saturated rings. The van der Waals surface area contributed by atoms with E-state index in [1.807, 2.05) is 7.05 Å². The highest BCUT2D eigenvalue weighted by atomic mass is 16.5. The molecule has 2 atom stereocenters. The summed E-state index contributed by atoms with van der Waals surface area (Å²) in [5.41, 5.74) is 3.69. The monoisotopic (exact) mass is 263 g/mol. The topological polar surface area (TPSA) is 37.4 Å². The number of pyridine rings is 1. The molecule has 1 aliphatic heterocycles. The van der Waals surface area contributed by atoms with Crippen molar-refractivity contribution in [2.24, 2.45) is 0 Å². The number of aromatic nitrogens is 1. The minimum Gasteiger partial charge on any atom is -0.372 e. The Morgan fingerprint density at radius 2 is 1.95 bits per heavy atom. The molecule has 0 spiro atoms. The first-order valence-corrected chi connectivity index (χ1v) is 7.03. The molecule has 4 nitrogen and oxygen atoms in total. The van der Waals surface area contributed by atoms with Crippen LogP contribution in [-0.2, 0) is 11.3 Å². The molecular weight excluding hydrogens is 238 g/mol. The van der Waals surface area contributed by atoms with Crippen molar-refractivity contribution < 1.29 is 4.74 Å². The second-order valence-electron chi connectivity index (χ2n) is 5.58. The number of rotatable bonds is 3. The largest absolute Gasteiger partial charge is 0.372 e. The normalized spacial score (nSPS) is 23.7. The van der Waals surface area contributed by atoms with Crippen LogP contribution in [0.4, 0.5) is 5.82 Å². The zero-order valence-corrected chi connectivity index (χ0v) is 12.7. The molecule has 1 aromatic rings. The molecule has 2 heterocycles. The summed E-state index contributed by atoms with van der Waals surface area (Å²) >= 11 is 0. The lowest BCUT2D eigenvalue weighted by atomic mass is 10.1. The van der Waals surface area contributed by atoms with Crippen molar-refractivity contribution in [1.82, 2.24) is 10.3 Å². The van der Waals surface area contributed by atoms with Gasteiger partial charge in [-0.25, -0.2) is 4.98 Å². The first kappa shape index (κ1) is 14.3. The van der Waals surface area contributed by atoms with E-state index in [1.54, 1.807) is 0 Å². The van der Waals surface area contributed by atoms with Crippen LogP contribution in [0, 0.1) is 13.8 Å². The Balaban J connectivity index is 2.36. The van der Waals surface area contributed by atoms with Gasteiger partial charge >= 0.3 is 0 Å². The maximum absolute atomic E-state index is 5.81. The molecule has 106 valence electrons. The molecule has 0 saturated carbocycles. The van der Waals surface area contributed by atoms with Gasteiger partial charge in [-0.3, -0.25) is 0 Å². The van der Waals surface area contributed by atoms with Crippen molar-refractivity contribution in [3.8, 4) is 0 Å². The van der Waals surface area contributed by atoms with Gasteiger partial charge in [0.1, 0.15) is 5.82 Å². The van der Waals surface area contributed by atoms with Gasteiger partial charge < -0.3 is 15.0 Å². The van der Waals surface area contributed by atoms with E-state index < -0.39 is 0 Å². The Hall–Kier alpha value is -1.13. The average Bonchev–Trinajstić information content (AvgIpc) is 2.31. The summed E-state index contributed by atoms with van der Waals surface area (Å²) in [6.45, 7) is 11.2. The fourth-order valence-electron chi connectivity index (χ4n) is 2.85. The fourth-order valence-corrected chi connectivity index (χ4v) is 2.85. The maximum atomic E-state index is 5.81. The Morgan fingerprint density at radius 1 is 1.32 bits per heavy atom. The molecule has 1 N–H and O–H groups in total. The second-order valence-corrected chi connectivity index (χ2v) is 5.58. The number of nitrogens with zero attached hydrogens (tertiary/aromatic N) is 2. The molecule has 0 aromatic carbocycles. The summed E-state index contributed by atoms with van der Waals surface area (Å²) in [4.78, 5) is 7.14. The summed E-state index contributed by atoms with van der Waals surface area (Å²) in [5, 5.41) is 3.25. The van der Waals surface area contributed by atoms with Crippen LogP contribution in [-0.4, -0.2) is 37.3 Å². The van der Waals surface area contributed by atoms with Crippen LogP contribution in [0.5, 0.6) is 0 Å². The number of ether oxygens (including phenoxy) is 1. The molecule has 2 rings (SSSR count). The minimum atomic E-state index is 0.258. The zero-order valence-electron chi connectivity index (χ0n) is 12.7. The van der Waals surface area contributed by atoms with E-state index in [4.69, 9.17) is 9.72 Å². The molecule has 1 saturated heterocycles. The average molecular weight is 263 g/mol. The Bertz CT molecular complexity index is 437. The molecule has 0 unspecified atom stereocenters. The first-order chi connectivity index (χ1) is 9.01. The van der Waals surface area contributed by atoms with Crippen LogP contribution >= 0.6 is 0 Å². The predicted molar refractivity (Wildman–Crippen MR) is 78.7 cm³/mol. The molecule has 0 amide bonds. The van der Waals surface area contributed by atoms with Gasteiger partial charge in [-0.1, -0.05) is 0 Å². The van der Waals surface area contributed by atoms with E-state index in [0.29, 0.717) is 0 Å². The van der Waals surface area contributed by atoms with Crippen molar-refractivity contribution in [2.45, 2.75) is 46.4 Å². The molecule has 19 heavy (non-hydrogen) atoms. The summed E-state index contributed by atoms with van der Waals surface area (Å²) in [6.07, 6.45) is 0.516. The van der Waals surface area contributed by atoms with Crippen LogP contribution < -0.4 is 10.2 Å². The van der Waals surface area contributed by atoms with Gasteiger partial charge in [-0.2, -0.15) is 0 Å². The molecule has 4 heteroatoms. The van der Waals surface area contributed by atoms with Crippen LogP contribution in [0.2, 0.25) is 0 Å². The van der Waals surface area contributed by atoms with Crippen molar-refractivity contribution in [2.75, 3.05) is 25.0 Å². The van der Waals surface area contributed by atoms with Crippen LogP contribution in [0.25, 0.3) is 0 Å². The van der Waals surface area contributed by atoms with E-state index in [0.717, 1.165) is 31.1 Å². The lowest BCUT2D eigenvalue weighted by Gasteiger charge is -2.37. The van der Waals surface area contributed by atoms with Crippen LogP contribution in [0.3, 0.4) is 0 Å². The summed E-state index contributed by atoms with van der Waals surface area (Å²) in [6, 6.07) is 2.16. The molecule has 1 aromatic heterocycles. The molecule has 0 bridgehead atoms. The highest BCUT2D eigenvalue weighted by Crippen LogP contribution is 2.25. The number of hydrogen-bond acceptors (Lipinski definition) is 4. The smallest absolute Gasteiger partial charge is 0.133 e. The van der Waals surface area contributed by atoms with E-state index in [2.05, 4.69) is 44.0 Å². The Morgan fingerprint density at radius 3 is 2.53 bits per heavy atom. The van der Waals surface area contributed by atoms with Gasteiger partial charge in [0.2, 0.25) is 0 Å². The van der Waals surface area contributed by atoms with Gasteiger partial charge in [0.05, 0.1) is 12.2 Å². The summed E-state index contributed by atoms with van der Waals surface area (Å²) < 4.78 is 5.81. The summed E-state index contributed by atoms with van der Waals surface area (Å²) in [7, 11) is 1.98. The van der Waals surface area contributed by atoms with Crippen molar-refractivity contribution in [1.29, 1.82) is 0 Å². The maximum Gasteiger partial charge on any atom is 0.133 e. The quantitative estimate of drug-likeness (QED) is 0.905. The highest BCUT2D eigenvalue weighted by molar-refractivity contribution is 5.52. The zero-order chi connectivity index (χ0) is 14.0. The number of hydrogen-bond donors (Lipinski definition) is 1. The highest BCUT2D eigenvalue weighted by Gasteiger charge is 2.25. The number of morpholine rings is 1. The van der Waals surface area contributed by atoms with E-state index in [9.17, 15) is 0 Å². The van der Waals surface area contributed by atoms with E-state index in [-0.39, 0.29) is 12.2 Å². The standard InChI is InChI=1S/C15H25N3O/c1-10-6-11(2)17-15(14(10)7-16-5)18-8-12(3)19-13(4)9-18/h6,12-13,16H,7-9H2,1-5H3/t12-,13+. The molecule has 1 aliphatic rings. The van der Waals surface area contributed by atoms with Crippen LogP contribution in [0.1, 0.15) is 30.7 Å². The van der Waals surface area contributed by atoms with Gasteiger partial charge in [-0.05, 0) is 46.4 Å². The number of nitrogens with one attached hydrogen (secondary N) is 1. The van der Waals surface area contributed by atoms with Gasteiger partial charge in [-0.15, -0.1) is 0 Å². The third-order valence-electron chi connectivity index (χ3n) is 3.53.